The van der Waals surface area contributed by atoms with Crippen molar-refractivity contribution in [2.45, 2.75) is 6.54 Å². The number of rotatable bonds is 5. The third-order valence-corrected chi connectivity index (χ3v) is 2.98. The number of hydrogen-bond donors (Lipinski definition) is 1. The summed E-state index contributed by atoms with van der Waals surface area (Å²) >= 11 is 0. The third kappa shape index (κ3) is 3.49. The number of ether oxygens (including phenoxy) is 1. The Kier molecular flexibility index (Phi) is 4.23. The van der Waals surface area contributed by atoms with E-state index >= 15 is 0 Å². The molecule has 0 aliphatic rings. The Morgan fingerprint density at radius 2 is 2.22 bits per heavy atom. The van der Waals surface area contributed by atoms with Crippen LogP contribution in [0.2, 0.25) is 0 Å². The van der Waals surface area contributed by atoms with Gasteiger partial charge in [-0.05, 0) is 18.2 Å². The molecule has 0 aliphatic heterocycles. The molecule has 3 aromatic rings. The quantitative estimate of drug-likeness (QED) is 0.761. The fraction of sp³-hybridized carbons (Fsp3) is 0.133. The number of amides is 1. The second-order valence-electron chi connectivity index (χ2n) is 4.51. The highest BCUT2D eigenvalue weighted by atomic mass is 16.5. The Bertz CT molecular complexity index is 804. The zero-order valence-electron chi connectivity index (χ0n) is 12.3. The van der Waals surface area contributed by atoms with Gasteiger partial charge in [0, 0.05) is 18.0 Å². The van der Waals surface area contributed by atoms with E-state index in [4.69, 9.17) is 9.15 Å². The van der Waals surface area contributed by atoms with Gasteiger partial charge in [0.1, 0.15) is 11.4 Å². The van der Waals surface area contributed by atoms with Gasteiger partial charge in [-0.3, -0.25) is 9.78 Å². The molecule has 0 radical (unpaired) electrons. The van der Waals surface area contributed by atoms with Gasteiger partial charge in [-0.1, -0.05) is 6.07 Å². The first-order valence-electron chi connectivity index (χ1n) is 6.77. The SMILES string of the molecule is COc1cccc(-c2nnc(CNC(=O)c3cnccn3)o2)c1. The Morgan fingerprint density at radius 1 is 1.30 bits per heavy atom. The van der Waals surface area contributed by atoms with E-state index in [1.54, 1.807) is 13.2 Å². The van der Waals surface area contributed by atoms with Crippen LogP contribution < -0.4 is 10.1 Å². The molecule has 0 fully saturated rings. The predicted octanol–water partition coefficient (Wildman–Crippen LogP) is 1.47. The molecule has 23 heavy (non-hydrogen) atoms. The topological polar surface area (TPSA) is 103 Å². The largest absolute Gasteiger partial charge is 0.497 e. The molecule has 3 rings (SSSR count). The zero-order valence-corrected chi connectivity index (χ0v) is 12.3. The zero-order chi connectivity index (χ0) is 16.1. The van der Waals surface area contributed by atoms with Gasteiger partial charge >= 0.3 is 0 Å². The fourth-order valence-electron chi connectivity index (χ4n) is 1.86. The lowest BCUT2D eigenvalue weighted by atomic mass is 10.2. The van der Waals surface area contributed by atoms with Gasteiger partial charge in [0.05, 0.1) is 19.9 Å². The highest BCUT2D eigenvalue weighted by Crippen LogP contribution is 2.22. The minimum atomic E-state index is -0.362. The second kappa shape index (κ2) is 6.65. The molecule has 2 aromatic heterocycles. The summed E-state index contributed by atoms with van der Waals surface area (Å²) in [6.45, 7) is 0.104. The lowest BCUT2D eigenvalue weighted by Crippen LogP contribution is -2.24. The molecular weight excluding hydrogens is 298 g/mol. The summed E-state index contributed by atoms with van der Waals surface area (Å²) in [4.78, 5) is 19.6. The van der Waals surface area contributed by atoms with E-state index in [1.165, 1.54) is 18.6 Å². The summed E-state index contributed by atoms with van der Waals surface area (Å²) in [5.41, 5.74) is 0.961. The van der Waals surface area contributed by atoms with Crippen LogP contribution in [0.15, 0.2) is 47.3 Å². The van der Waals surface area contributed by atoms with Crippen LogP contribution in [0.25, 0.3) is 11.5 Å². The van der Waals surface area contributed by atoms with Crippen molar-refractivity contribution in [3.8, 4) is 17.2 Å². The van der Waals surface area contributed by atoms with Gasteiger partial charge in [-0.2, -0.15) is 0 Å². The van der Waals surface area contributed by atoms with Crippen molar-refractivity contribution in [2.24, 2.45) is 0 Å². The Labute approximate surface area is 131 Å². The van der Waals surface area contributed by atoms with Crippen molar-refractivity contribution < 1.29 is 13.9 Å². The van der Waals surface area contributed by atoms with Crippen LogP contribution in [-0.2, 0) is 6.54 Å². The van der Waals surface area contributed by atoms with Crippen LogP contribution in [0.3, 0.4) is 0 Å². The van der Waals surface area contributed by atoms with Crippen LogP contribution in [0, 0.1) is 0 Å². The number of aromatic nitrogens is 4. The molecule has 8 nitrogen and oxygen atoms in total. The highest BCUT2D eigenvalue weighted by Gasteiger charge is 2.12. The number of carbonyl (C=O) groups is 1. The Hall–Kier alpha value is -3.29. The molecule has 0 atom stereocenters. The average molecular weight is 311 g/mol. The molecule has 0 spiro atoms. The molecule has 1 aromatic carbocycles. The van der Waals surface area contributed by atoms with Crippen LogP contribution in [0.4, 0.5) is 0 Å². The Morgan fingerprint density at radius 3 is 3.00 bits per heavy atom. The molecular formula is C15H13N5O3. The predicted molar refractivity (Wildman–Crippen MR) is 79.5 cm³/mol. The first-order chi connectivity index (χ1) is 11.3. The second-order valence-corrected chi connectivity index (χ2v) is 4.51. The molecule has 116 valence electrons. The number of nitrogens with one attached hydrogen (secondary N) is 1. The molecule has 0 bridgehead atoms. The van der Waals surface area contributed by atoms with Crippen molar-refractivity contribution in [1.82, 2.24) is 25.5 Å². The standard InChI is InChI=1S/C15H13N5O3/c1-22-11-4-2-3-10(7-11)15-20-19-13(23-15)9-18-14(21)12-8-16-5-6-17-12/h2-8H,9H2,1H3,(H,18,21). The van der Waals surface area contributed by atoms with Crippen molar-refractivity contribution in [2.75, 3.05) is 7.11 Å². The first-order valence-corrected chi connectivity index (χ1v) is 6.77. The lowest BCUT2D eigenvalue weighted by molar-refractivity contribution is 0.0942. The van der Waals surface area contributed by atoms with E-state index in [1.807, 2.05) is 18.2 Å². The van der Waals surface area contributed by atoms with Crippen LogP contribution in [0.1, 0.15) is 16.4 Å². The normalized spacial score (nSPS) is 10.3. The van der Waals surface area contributed by atoms with Gasteiger partial charge < -0.3 is 14.5 Å². The summed E-state index contributed by atoms with van der Waals surface area (Å²) in [6, 6.07) is 7.27. The van der Waals surface area contributed by atoms with Gasteiger partial charge in [0.2, 0.25) is 11.8 Å². The number of methoxy groups -OCH3 is 1. The van der Waals surface area contributed by atoms with Crippen molar-refractivity contribution in [1.29, 1.82) is 0 Å². The van der Waals surface area contributed by atoms with E-state index < -0.39 is 0 Å². The minimum Gasteiger partial charge on any atom is -0.497 e. The maximum Gasteiger partial charge on any atom is 0.271 e. The van der Waals surface area contributed by atoms with Crippen molar-refractivity contribution >= 4 is 5.91 Å². The molecule has 0 saturated carbocycles. The van der Waals surface area contributed by atoms with Crippen LogP contribution >= 0.6 is 0 Å². The van der Waals surface area contributed by atoms with Gasteiger partial charge in [-0.25, -0.2) is 4.98 Å². The van der Waals surface area contributed by atoms with Gasteiger partial charge in [0.15, 0.2) is 0 Å². The smallest absolute Gasteiger partial charge is 0.271 e. The third-order valence-electron chi connectivity index (χ3n) is 2.98. The number of hydrogen-bond acceptors (Lipinski definition) is 7. The summed E-state index contributed by atoms with van der Waals surface area (Å²) in [5.74, 6) is 0.977. The van der Waals surface area contributed by atoms with Crippen molar-refractivity contribution in [3.05, 3.63) is 54.4 Å². The molecule has 8 heteroatoms. The summed E-state index contributed by atoms with van der Waals surface area (Å²) in [7, 11) is 1.58. The first kappa shape index (κ1) is 14.6. The van der Waals surface area contributed by atoms with E-state index in [0.717, 1.165) is 5.56 Å². The van der Waals surface area contributed by atoms with E-state index in [2.05, 4.69) is 25.5 Å². The monoisotopic (exact) mass is 311 g/mol. The molecule has 2 heterocycles. The number of benzene rings is 1. The molecule has 1 N–H and O–H groups in total. The van der Waals surface area contributed by atoms with Crippen LogP contribution in [-0.4, -0.2) is 33.2 Å². The highest BCUT2D eigenvalue weighted by molar-refractivity contribution is 5.91. The molecule has 1 amide bonds. The van der Waals surface area contributed by atoms with E-state index in [-0.39, 0.29) is 18.1 Å². The Balaban J connectivity index is 1.66. The average Bonchev–Trinajstić information content (AvgIpc) is 3.09. The fourth-order valence-corrected chi connectivity index (χ4v) is 1.86. The summed E-state index contributed by atoms with van der Waals surface area (Å²) in [5, 5.41) is 10.5. The lowest BCUT2D eigenvalue weighted by Gasteiger charge is -2.01. The summed E-state index contributed by atoms with van der Waals surface area (Å²) in [6.07, 6.45) is 4.32. The number of carbonyl (C=O) groups excluding carboxylic acids is 1. The maximum atomic E-state index is 11.9. The molecule has 0 aliphatic carbocycles. The van der Waals surface area contributed by atoms with Gasteiger partial charge in [-0.15, -0.1) is 10.2 Å². The van der Waals surface area contributed by atoms with E-state index in [9.17, 15) is 4.79 Å². The maximum absolute atomic E-state index is 11.9. The van der Waals surface area contributed by atoms with Gasteiger partial charge in [0.25, 0.3) is 5.91 Å². The minimum absolute atomic E-state index is 0.104. The molecule has 0 unspecified atom stereocenters. The summed E-state index contributed by atoms with van der Waals surface area (Å²) < 4.78 is 10.7. The van der Waals surface area contributed by atoms with E-state index in [0.29, 0.717) is 17.5 Å². The van der Waals surface area contributed by atoms with Crippen LogP contribution in [0.5, 0.6) is 5.75 Å². The number of nitrogens with zero attached hydrogens (tertiary/aromatic N) is 4. The molecule has 0 saturated heterocycles. The van der Waals surface area contributed by atoms with Crippen molar-refractivity contribution in [3.63, 3.8) is 0 Å².